The molecule has 0 fully saturated rings. The van der Waals surface area contributed by atoms with E-state index < -0.39 is 0 Å². The molecule has 0 N–H and O–H groups in total. The maximum absolute atomic E-state index is 8.72. The van der Waals surface area contributed by atoms with Crippen LogP contribution in [0, 0.1) is 0 Å². The summed E-state index contributed by atoms with van der Waals surface area (Å²) in [6.07, 6.45) is 0. The summed E-state index contributed by atoms with van der Waals surface area (Å²) in [6.45, 7) is 0. The highest BCUT2D eigenvalue weighted by atomic mass is 79.9. The molecular weight excluding hydrogens is 338 g/mol. The van der Waals surface area contributed by atoms with Crippen molar-refractivity contribution in [1.82, 2.24) is 0 Å². The molecule has 3 aromatic carbocycles. The first-order chi connectivity index (χ1) is 10.9. The Morgan fingerprint density at radius 1 is 0.591 bits per heavy atom. The summed E-state index contributed by atoms with van der Waals surface area (Å²) >= 11 is 2.47. The fraction of sp³-hybridized carbons (Fsp3) is 0. The molecular formula is C19H16BrNO. The molecule has 0 saturated heterocycles. The monoisotopic (exact) mass is 353 g/mol. The minimum absolute atomic E-state index is 0.562. The molecule has 0 bridgehead atoms. The van der Waals surface area contributed by atoms with Crippen LogP contribution in [0.1, 0.15) is 0 Å². The summed E-state index contributed by atoms with van der Waals surface area (Å²) in [5.74, 6) is 0. The maximum Gasteiger partial charge on any atom is 0.185 e. The molecule has 0 spiro atoms. The van der Waals surface area contributed by atoms with Crippen molar-refractivity contribution in [1.29, 1.82) is 0 Å². The van der Waals surface area contributed by atoms with Gasteiger partial charge in [0, 0.05) is 17.1 Å². The van der Waals surface area contributed by atoms with Gasteiger partial charge >= 0.3 is 0 Å². The van der Waals surface area contributed by atoms with Crippen molar-refractivity contribution >= 4 is 38.2 Å². The van der Waals surface area contributed by atoms with Gasteiger partial charge in [0.25, 0.3) is 0 Å². The van der Waals surface area contributed by atoms with Gasteiger partial charge in [0.1, 0.15) is 0 Å². The van der Waals surface area contributed by atoms with Crippen LogP contribution in [0.15, 0.2) is 91.0 Å². The molecule has 3 heteroatoms. The van der Waals surface area contributed by atoms with Gasteiger partial charge in [0.2, 0.25) is 0 Å². The van der Waals surface area contributed by atoms with E-state index in [1.165, 1.54) is 17.1 Å². The van der Waals surface area contributed by atoms with Crippen LogP contribution in [0.4, 0.5) is 17.1 Å². The minimum Gasteiger partial charge on any atom is -0.311 e. The second-order valence-electron chi connectivity index (χ2n) is 4.43. The van der Waals surface area contributed by atoms with Gasteiger partial charge in [-0.25, -0.2) is 0 Å². The fourth-order valence-electron chi connectivity index (χ4n) is 2.18. The van der Waals surface area contributed by atoms with Crippen molar-refractivity contribution in [3.63, 3.8) is 0 Å². The SMILES string of the molecule is O=CBr.c1ccc(N(c2ccccc2)c2ccccc2)cc1. The normalized spacial score (nSPS) is 9.32. The molecule has 0 aliphatic heterocycles. The molecule has 0 atom stereocenters. The Labute approximate surface area is 139 Å². The van der Waals surface area contributed by atoms with Crippen molar-refractivity contribution in [3.8, 4) is 0 Å². The average molecular weight is 354 g/mol. The first-order valence-corrected chi connectivity index (χ1v) is 7.77. The molecule has 22 heavy (non-hydrogen) atoms. The van der Waals surface area contributed by atoms with Crippen LogP contribution in [0.5, 0.6) is 0 Å². The van der Waals surface area contributed by atoms with Crippen LogP contribution in [0.2, 0.25) is 0 Å². The Bertz CT molecular complexity index is 578. The second kappa shape index (κ2) is 8.80. The molecule has 0 aliphatic carbocycles. The molecule has 3 rings (SSSR count). The highest BCUT2D eigenvalue weighted by molar-refractivity contribution is 9.17. The third kappa shape index (κ3) is 4.30. The molecule has 110 valence electrons. The van der Waals surface area contributed by atoms with E-state index in [0.717, 1.165) is 0 Å². The molecule has 2 nitrogen and oxygen atoms in total. The lowest BCUT2D eigenvalue weighted by molar-refractivity contribution is 0.571. The molecule has 0 heterocycles. The quantitative estimate of drug-likeness (QED) is 0.442. The number of halogens is 1. The topological polar surface area (TPSA) is 20.3 Å². The number of carbonyl (C=O) groups is 1. The predicted octanol–water partition coefficient (Wildman–Crippen LogP) is 5.73. The van der Waals surface area contributed by atoms with E-state index in [1.54, 1.807) is 0 Å². The summed E-state index contributed by atoms with van der Waals surface area (Å²) in [5, 5.41) is 0.562. The molecule has 0 unspecified atom stereocenters. The Hall–Kier alpha value is -2.39. The third-order valence-corrected chi connectivity index (χ3v) is 3.04. The third-order valence-electron chi connectivity index (χ3n) is 3.04. The van der Waals surface area contributed by atoms with Gasteiger partial charge in [-0.05, 0) is 52.3 Å². The molecule has 3 aromatic rings. The van der Waals surface area contributed by atoms with Gasteiger partial charge in [-0.1, -0.05) is 54.6 Å². The van der Waals surface area contributed by atoms with Crippen molar-refractivity contribution < 1.29 is 4.79 Å². The lowest BCUT2D eigenvalue weighted by Gasteiger charge is -2.25. The Balaban J connectivity index is 0.000000545. The number of para-hydroxylation sites is 3. The highest BCUT2D eigenvalue weighted by Gasteiger charge is 2.10. The van der Waals surface area contributed by atoms with Crippen LogP contribution < -0.4 is 4.90 Å². The van der Waals surface area contributed by atoms with E-state index in [1.807, 2.05) is 18.2 Å². The molecule has 0 radical (unpaired) electrons. The van der Waals surface area contributed by atoms with Crippen molar-refractivity contribution in [2.45, 2.75) is 0 Å². The predicted molar refractivity (Wildman–Crippen MR) is 96.8 cm³/mol. The number of hydrogen-bond donors (Lipinski definition) is 0. The maximum atomic E-state index is 8.72. The summed E-state index contributed by atoms with van der Waals surface area (Å²) in [4.78, 5) is 11.0. The Kier molecular flexibility index (Phi) is 6.39. The summed E-state index contributed by atoms with van der Waals surface area (Å²) in [5.41, 5.74) is 3.50. The molecule has 0 amide bonds. The first kappa shape index (κ1) is 16.0. The average Bonchev–Trinajstić information content (AvgIpc) is 2.59. The highest BCUT2D eigenvalue weighted by Crippen LogP contribution is 2.33. The van der Waals surface area contributed by atoms with E-state index >= 15 is 0 Å². The van der Waals surface area contributed by atoms with E-state index in [9.17, 15) is 0 Å². The van der Waals surface area contributed by atoms with Gasteiger partial charge in [-0.15, -0.1) is 0 Å². The van der Waals surface area contributed by atoms with Crippen molar-refractivity contribution in [2.75, 3.05) is 4.90 Å². The van der Waals surface area contributed by atoms with E-state index in [0.29, 0.717) is 5.20 Å². The van der Waals surface area contributed by atoms with Crippen LogP contribution in [-0.2, 0) is 4.79 Å². The number of rotatable bonds is 3. The van der Waals surface area contributed by atoms with Gasteiger partial charge in [-0.3, -0.25) is 4.79 Å². The number of hydrogen-bond acceptors (Lipinski definition) is 2. The lowest BCUT2D eigenvalue weighted by atomic mass is 10.2. The number of benzene rings is 3. The van der Waals surface area contributed by atoms with Gasteiger partial charge < -0.3 is 4.90 Å². The van der Waals surface area contributed by atoms with E-state index in [-0.39, 0.29) is 0 Å². The van der Waals surface area contributed by atoms with Crippen LogP contribution in [-0.4, -0.2) is 5.20 Å². The Morgan fingerprint density at radius 3 is 1.05 bits per heavy atom. The number of anilines is 3. The van der Waals surface area contributed by atoms with Gasteiger partial charge in [0.05, 0.1) is 0 Å². The summed E-state index contributed by atoms with van der Waals surface area (Å²) in [7, 11) is 0. The van der Waals surface area contributed by atoms with Gasteiger partial charge in [-0.2, -0.15) is 0 Å². The molecule has 0 aromatic heterocycles. The Morgan fingerprint density at radius 2 is 0.818 bits per heavy atom. The fourth-order valence-corrected chi connectivity index (χ4v) is 2.18. The molecule has 0 saturated carbocycles. The first-order valence-electron chi connectivity index (χ1n) is 6.86. The van der Waals surface area contributed by atoms with E-state index in [4.69, 9.17) is 4.79 Å². The summed E-state index contributed by atoms with van der Waals surface area (Å²) < 4.78 is 0. The van der Waals surface area contributed by atoms with Crippen molar-refractivity contribution in [3.05, 3.63) is 91.0 Å². The summed E-state index contributed by atoms with van der Waals surface area (Å²) in [6, 6.07) is 31.3. The zero-order valence-electron chi connectivity index (χ0n) is 12.0. The number of nitrogens with zero attached hydrogens (tertiary/aromatic N) is 1. The largest absolute Gasteiger partial charge is 0.311 e. The molecule has 0 aliphatic rings. The zero-order valence-corrected chi connectivity index (χ0v) is 13.6. The second-order valence-corrected chi connectivity index (χ2v) is 4.80. The van der Waals surface area contributed by atoms with Crippen LogP contribution in [0.25, 0.3) is 0 Å². The van der Waals surface area contributed by atoms with Crippen LogP contribution in [0.3, 0.4) is 0 Å². The lowest BCUT2D eigenvalue weighted by Crippen LogP contribution is -2.09. The van der Waals surface area contributed by atoms with E-state index in [2.05, 4.69) is 93.6 Å². The van der Waals surface area contributed by atoms with Gasteiger partial charge in [0.15, 0.2) is 5.20 Å². The zero-order chi connectivity index (χ0) is 15.6. The van der Waals surface area contributed by atoms with Crippen molar-refractivity contribution in [2.24, 2.45) is 0 Å². The standard InChI is InChI=1S/C18H15N.CHBrO/c1-4-10-16(11-5-1)19(17-12-6-2-7-13-17)18-14-8-3-9-15-18;2-1-3/h1-15H;1H. The minimum atomic E-state index is 0.562. The van der Waals surface area contributed by atoms with Crippen LogP contribution >= 0.6 is 15.9 Å². The number of carbonyl (C=O) groups excluding carboxylic acids is 1. The smallest absolute Gasteiger partial charge is 0.185 e.